The molecule has 1 aromatic rings. The fourth-order valence-electron chi connectivity index (χ4n) is 1.71. The van der Waals surface area contributed by atoms with Gasteiger partial charge in [0.25, 0.3) is 0 Å². The number of hydrogen-bond donors (Lipinski definition) is 3. The summed E-state index contributed by atoms with van der Waals surface area (Å²) in [7, 11) is 0. The summed E-state index contributed by atoms with van der Waals surface area (Å²) in [4.78, 5) is 9.51. The van der Waals surface area contributed by atoms with Gasteiger partial charge in [-0.15, -0.1) is 0 Å². The van der Waals surface area contributed by atoms with Crippen molar-refractivity contribution in [1.29, 1.82) is 0 Å². The molecule has 0 bridgehead atoms. The zero-order valence-electron chi connectivity index (χ0n) is 12.3. The molecule has 1 aliphatic heterocycles. The van der Waals surface area contributed by atoms with Crippen molar-refractivity contribution in [3.63, 3.8) is 0 Å². The molecule has 0 saturated carbocycles. The number of carboxylic acid groups (broad SMARTS) is 1. The van der Waals surface area contributed by atoms with E-state index in [9.17, 15) is 4.79 Å². The molecular weight excluding hydrogens is 272 g/mol. The summed E-state index contributed by atoms with van der Waals surface area (Å²) in [6.07, 6.45) is 4.56. The van der Waals surface area contributed by atoms with E-state index in [1.165, 1.54) is 11.6 Å². The Balaban J connectivity index is 0.000000315. The predicted molar refractivity (Wildman–Crippen MR) is 80.1 cm³/mol. The Morgan fingerprint density at radius 2 is 2.19 bits per heavy atom. The van der Waals surface area contributed by atoms with E-state index in [2.05, 4.69) is 18.4 Å². The topological polar surface area (TPSA) is 93.8 Å². The molecule has 4 N–H and O–H groups in total. The van der Waals surface area contributed by atoms with Crippen LogP contribution in [0.15, 0.2) is 30.4 Å². The average Bonchev–Trinajstić information content (AvgIpc) is 2.92. The highest BCUT2D eigenvalue weighted by molar-refractivity contribution is 5.79. The number of benzene rings is 1. The van der Waals surface area contributed by atoms with Crippen LogP contribution in [0.1, 0.15) is 25.8 Å². The van der Waals surface area contributed by atoms with Crippen LogP contribution in [0, 0.1) is 0 Å². The van der Waals surface area contributed by atoms with E-state index < -0.39 is 5.97 Å². The fourth-order valence-corrected chi connectivity index (χ4v) is 1.71. The number of nitrogens with two attached hydrogens (primary N) is 1. The van der Waals surface area contributed by atoms with Crippen LogP contribution in [0.3, 0.4) is 0 Å². The van der Waals surface area contributed by atoms with E-state index >= 15 is 0 Å². The molecule has 6 heteroatoms. The molecule has 0 spiro atoms. The van der Waals surface area contributed by atoms with Gasteiger partial charge < -0.3 is 14.6 Å². The van der Waals surface area contributed by atoms with Gasteiger partial charge in [0.1, 0.15) is 0 Å². The Bertz CT molecular complexity index is 489. The second-order valence-electron chi connectivity index (χ2n) is 4.63. The van der Waals surface area contributed by atoms with Crippen LogP contribution < -0.4 is 20.7 Å². The summed E-state index contributed by atoms with van der Waals surface area (Å²) in [5.41, 5.74) is 3.98. The monoisotopic (exact) mass is 294 g/mol. The number of rotatable bonds is 5. The van der Waals surface area contributed by atoms with Crippen molar-refractivity contribution in [2.24, 2.45) is 5.84 Å². The van der Waals surface area contributed by atoms with Crippen molar-refractivity contribution in [3.8, 4) is 11.5 Å². The van der Waals surface area contributed by atoms with E-state index in [1.54, 1.807) is 6.92 Å². The molecule has 6 nitrogen and oxygen atoms in total. The maximum Gasteiger partial charge on any atom is 0.327 e. The number of carboxylic acids is 1. The molecular formula is C15H22N2O4. The Kier molecular flexibility index (Phi) is 7.28. The first-order valence-electron chi connectivity index (χ1n) is 6.77. The van der Waals surface area contributed by atoms with Crippen LogP contribution >= 0.6 is 0 Å². The zero-order chi connectivity index (χ0) is 15.7. The fraction of sp³-hybridized carbons (Fsp3) is 0.400. The first-order chi connectivity index (χ1) is 10.1. The van der Waals surface area contributed by atoms with Crippen LogP contribution in [-0.4, -0.2) is 23.9 Å². The summed E-state index contributed by atoms with van der Waals surface area (Å²) < 4.78 is 10.6. The highest BCUT2D eigenvalue weighted by Gasteiger charge is 2.13. The van der Waals surface area contributed by atoms with Gasteiger partial charge in [0.15, 0.2) is 11.5 Å². The molecule has 0 fully saturated rings. The average molecular weight is 294 g/mol. The maximum absolute atomic E-state index is 9.51. The van der Waals surface area contributed by atoms with Crippen LogP contribution in [-0.2, 0) is 11.2 Å². The van der Waals surface area contributed by atoms with Crippen molar-refractivity contribution in [3.05, 3.63) is 35.9 Å². The maximum atomic E-state index is 9.51. The molecule has 2 rings (SSSR count). The van der Waals surface area contributed by atoms with Gasteiger partial charge >= 0.3 is 5.97 Å². The summed E-state index contributed by atoms with van der Waals surface area (Å²) in [6.45, 7) is 4.06. The Labute approximate surface area is 124 Å². The molecule has 0 amide bonds. The summed E-state index contributed by atoms with van der Waals surface area (Å²) >= 11 is 0. The van der Waals surface area contributed by atoms with Gasteiger partial charge in [0.05, 0.1) is 0 Å². The van der Waals surface area contributed by atoms with Gasteiger partial charge in [-0.3, -0.25) is 11.3 Å². The Morgan fingerprint density at radius 3 is 2.76 bits per heavy atom. The first kappa shape index (κ1) is 17.0. The summed E-state index contributed by atoms with van der Waals surface area (Å²) in [5.74, 6) is 6.13. The third-order valence-electron chi connectivity index (χ3n) is 2.90. The van der Waals surface area contributed by atoms with E-state index in [0.717, 1.165) is 30.4 Å². The summed E-state index contributed by atoms with van der Waals surface area (Å²) in [5, 5.41) is 7.83. The summed E-state index contributed by atoms with van der Waals surface area (Å²) in [6, 6.07) is 6.39. The van der Waals surface area contributed by atoms with Crippen molar-refractivity contribution in [1.82, 2.24) is 5.43 Å². The molecule has 116 valence electrons. The minimum atomic E-state index is -0.891. The minimum Gasteiger partial charge on any atom is -0.478 e. The van der Waals surface area contributed by atoms with Crippen LogP contribution in [0.2, 0.25) is 0 Å². The lowest BCUT2D eigenvalue weighted by molar-refractivity contribution is -0.131. The van der Waals surface area contributed by atoms with Crippen molar-refractivity contribution in [2.45, 2.75) is 32.7 Å². The molecule has 1 aromatic carbocycles. The highest BCUT2D eigenvalue weighted by atomic mass is 16.7. The zero-order valence-corrected chi connectivity index (χ0v) is 12.3. The molecule has 1 atom stereocenters. The number of hydrazine groups is 1. The van der Waals surface area contributed by atoms with Gasteiger partial charge in [-0.05, 0) is 44.4 Å². The molecule has 0 radical (unpaired) electrons. The van der Waals surface area contributed by atoms with Gasteiger partial charge in [0, 0.05) is 12.1 Å². The molecule has 0 saturated heterocycles. The lowest BCUT2D eigenvalue weighted by atomic mass is 10.1. The SMILES string of the molecule is CC(CCc1ccc2c(c1)OCO2)NN.CC=CC(=O)O. The second-order valence-corrected chi connectivity index (χ2v) is 4.63. The van der Waals surface area contributed by atoms with Crippen molar-refractivity contribution < 1.29 is 19.4 Å². The van der Waals surface area contributed by atoms with Crippen LogP contribution in [0.5, 0.6) is 11.5 Å². The quantitative estimate of drug-likeness (QED) is 0.436. The number of carbonyl (C=O) groups is 1. The number of aryl methyl sites for hydroxylation is 1. The van der Waals surface area contributed by atoms with Gasteiger partial charge in [-0.25, -0.2) is 4.79 Å². The van der Waals surface area contributed by atoms with Crippen LogP contribution in [0.25, 0.3) is 0 Å². The largest absolute Gasteiger partial charge is 0.478 e. The van der Waals surface area contributed by atoms with E-state index in [-0.39, 0.29) is 0 Å². The van der Waals surface area contributed by atoms with E-state index in [1.807, 2.05) is 12.1 Å². The molecule has 0 aliphatic carbocycles. The predicted octanol–water partition coefficient (Wildman–Crippen LogP) is 1.85. The normalized spacial score (nSPS) is 13.7. The third kappa shape index (κ3) is 6.29. The molecule has 0 aromatic heterocycles. The number of allylic oxidation sites excluding steroid dienone is 1. The third-order valence-corrected chi connectivity index (χ3v) is 2.90. The van der Waals surface area contributed by atoms with E-state index in [0.29, 0.717) is 12.8 Å². The van der Waals surface area contributed by atoms with Crippen LogP contribution in [0.4, 0.5) is 0 Å². The number of fused-ring (bicyclic) bond motifs is 1. The lowest BCUT2D eigenvalue weighted by Gasteiger charge is -2.09. The molecule has 21 heavy (non-hydrogen) atoms. The Morgan fingerprint density at radius 1 is 1.48 bits per heavy atom. The van der Waals surface area contributed by atoms with Crippen molar-refractivity contribution >= 4 is 5.97 Å². The number of aliphatic carboxylic acids is 1. The van der Waals surface area contributed by atoms with Crippen molar-refractivity contribution in [2.75, 3.05) is 6.79 Å². The minimum absolute atomic E-state index is 0.329. The molecule has 1 heterocycles. The molecule has 1 unspecified atom stereocenters. The first-order valence-corrected chi connectivity index (χ1v) is 6.77. The lowest BCUT2D eigenvalue weighted by Crippen LogP contribution is -2.32. The smallest absolute Gasteiger partial charge is 0.327 e. The Hall–Kier alpha value is -2.05. The second kappa shape index (κ2) is 8.99. The van der Waals surface area contributed by atoms with E-state index in [4.69, 9.17) is 20.4 Å². The standard InChI is InChI=1S/C11H16N2O2.C4H6O2/c1-8(13-12)2-3-9-4-5-10-11(6-9)15-7-14-10;1-2-3-4(5)6/h4-6,8,13H,2-3,7,12H2,1H3;2-3H,1H3,(H,5,6). The number of hydrogen-bond acceptors (Lipinski definition) is 5. The molecule has 1 aliphatic rings. The number of ether oxygens (including phenoxy) is 2. The number of nitrogens with one attached hydrogen (secondary N) is 1. The highest BCUT2D eigenvalue weighted by Crippen LogP contribution is 2.32. The van der Waals surface area contributed by atoms with Gasteiger partial charge in [-0.2, -0.15) is 0 Å². The van der Waals surface area contributed by atoms with Gasteiger partial charge in [-0.1, -0.05) is 12.1 Å². The van der Waals surface area contributed by atoms with Gasteiger partial charge in [0.2, 0.25) is 6.79 Å².